The van der Waals surface area contributed by atoms with E-state index < -0.39 is 12.2 Å². The van der Waals surface area contributed by atoms with Gasteiger partial charge in [-0.25, -0.2) is 0 Å². The van der Waals surface area contributed by atoms with Crippen LogP contribution >= 0.6 is 0 Å². The maximum atomic E-state index is 9.72. The Labute approximate surface area is 82.8 Å². The highest BCUT2D eigenvalue weighted by atomic mass is 16.3. The second-order valence-electron chi connectivity index (χ2n) is 3.31. The van der Waals surface area contributed by atoms with Crippen LogP contribution in [0.3, 0.4) is 0 Å². The third-order valence-corrected chi connectivity index (χ3v) is 2.33. The summed E-state index contributed by atoms with van der Waals surface area (Å²) in [5, 5.41) is 19.2. The molecule has 2 rings (SSSR count). The van der Waals surface area contributed by atoms with Gasteiger partial charge in [-0.05, 0) is 11.1 Å². The van der Waals surface area contributed by atoms with Gasteiger partial charge in [-0.1, -0.05) is 48.6 Å². The number of hydrogen-bond donors (Lipinski definition) is 2. The van der Waals surface area contributed by atoms with E-state index in [9.17, 15) is 10.2 Å². The van der Waals surface area contributed by atoms with Crippen LogP contribution in [-0.2, 0) is 0 Å². The Balaban J connectivity index is 2.35. The van der Waals surface area contributed by atoms with Gasteiger partial charge in [0.1, 0.15) is 12.2 Å². The van der Waals surface area contributed by atoms with Crippen LogP contribution < -0.4 is 0 Å². The molecule has 0 fully saturated rings. The maximum absolute atomic E-state index is 9.72. The summed E-state index contributed by atoms with van der Waals surface area (Å²) in [4.78, 5) is 0. The minimum atomic E-state index is -0.817. The highest BCUT2D eigenvalue weighted by Gasteiger charge is 2.21. The van der Waals surface area contributed by atoms with Crippen molar-refractivity contribution in [1.29, 1.82) is 0 Å². The summed E-state index contributed by atoms with van der Waals surface area (Å²) in [6, 6.07) is 9.58. The normalized spacial score (nSPS) is 26.0. The van der Waals surface area contributed by atoms with Gasteiger partial charge < -0.3 is 10.2 Å². The van der Waals surface area contributed by atoms with Crippen molar-refractivity contribution in [2.24, 2.45) is 0 Å². The molecule has 0 heterocycles. The van der Waals surface area contributed by atoms with E-state index in [0.717, 1.165) is 11.1 Å². The van der Waals surface area contributed by atoms with E-state index in [0.29, 0.717) is 0 Å². The minimum Gasteiger partial charge on any atom is -0.386 e. The summed E-state index contributed by atoms with van der Waals surface area (Å²) in [6.45, 7) is 0. The lowest BCUT2D eigenvalue weighted by atomic mass is 9.93. The molecular weight excluding hydrogens is 176 g/mol. The largest absolute Gasteiger partial charge is 0.386 e. The summed E-state index contributed by atoms with van der Waals surface area (Å²) >= 11 is 0. The highest BCUT2D eigenvalue weighted by Crippen LogP contribution is 2.23. The summed E-state index contributed by atoms with van der Waals surface area (Å²) in [5.74, 6) is 0. The first kappa shape index (κ1) is 9.19. The third kappa shape index (κ3) is 1.62. The van der Waals surface area contributed by atoms with E-state index in [1.54, 1.807) is 12.2 Å². The van der Waals surface area contributed by atoms with Crippen LogP contribution in [-0.4, -0.2) is 22.4 Å². The fourth-order valence-electron chi connectivity index (χ4n) is 1.56. The smallest absolute Gasteiger partial charge is 0.109 e. The van der Waals surface area contributed by atoms with Crippen LogP contribution in [0.5, 0.6) is 0 Å². The van der Waals surface area contributed by atoms with E-state index in [-0.39, 0.29) is 0 Å². The van der Waals surface area contributed by atoms with E-state index in [1.165, 1.54) is 0 Å². The molecule has 2 atom stereocenters. The lowest BCUT2D eigenvalue weighted by Gasteiger charge is -2.21. The molecule has 0 bridgehead atoms. The zero-order valence-corrected chi connectivity index (χ0v) is 7.67. The molecule has 2 heteroatoms. The predicted octanol–water partition coefficient (Wildman–Crippen LogP) is 1.36. The number of aliphatic hydroxyl groups is 2. The molecule has 72 valence electrons. The molecule has 2 unspecified atom stereocenters. The molecule has 0 saturated heterocycles. The van der Waals surface area contributed by atoms with Crippen LogP contribution in [0.25, 0.3) is 5.57 Å². The van der Waals surface area contributed by atoms with Crippen LogP contribution in [0.4, 0.5) is 0 Å². The van der Waals surface area contributed by atoms with Gasteiger partial charge >= 0.3 is 0 Å². The molecule has 0 radical (unpaired) electrons. The zero-order chi connectivity index (χ0) is 9.97. The average molecular weight is 188 g/mol. The lowest BCUT2D eigenvalue weighted by molar-refractivity contribution is 0.0859. The number of allylic oxidation sites excluding steroid dienone is 2. The summed E-state index contributed by atoms with van der Waals surface area (Å²) < 4.78 is 0. The van der Waals surface area contributed by atoms with Gasteiger partial charge in [-0.2, -0.15) is 0 Å². The zero-order valence-electron chi connectivity index (χ0n) is 7.67. The first-order chi connectivity index (χ1) is 6.79. The first-order valence-corrected chi connectivity index (χ1v) is 4.59. The van der Waals surface area contributed by atoms with Crippen LogP contribution in [0.1, 0.15) is 5.56 Å². The Morgan fingerprint density at radius 2 is 1.71 bits per heavy atom. The Bertz CT molecular complexity index is 365. The van der Waals surface area contributed by atoms with Crippen molar-refractivity contribution in [2.75, 3.05) is 0 Å². The van der Waals surface area contributed by atoms with Crippen molar-refractivity contribution in [3.05, 3.63) is 54.1 Å². The Kier molecular flexibility index (Phi) is 2.48. The van der Waals surface area contributed by atoms with Crippen molar-refractivity contribution in [3.63, 3.8) is 0 Å². The highest BCUT2D eigenvalue weighted by molar-refractivity contribution is 5.72. The summed E-state index contributed by atoms with van der Waals surface area (Å²) in [5.41, 5.74) is 1.71. The van der Waals surface area contributed by atoms with Crippen molar-refractivity contribution in [2.45, 2.75) is 12.2 Å². The molecule has 0 spiro atoms. The molecule has 0 saturated carbocycles. The van der Waals surface area contributed by atoms with Crippen molar-refractivity contribution < 1.29 is 10.2 Å². The lowest BCUT2D eigenvalue weighted by Crippen LogP contribution is -2.26. The number of benzene rings is 1. The number of rotatable bonds is 1. The second kappa shape index (κ2) is 3.78. The third-order valence-electron chi connectivity index (χ3n) is 2.33. The van der Waals surface area contributed by atoms with Gasteiger partial charge in [0.05, 0.1) is 0 Å². The van der Waals surface area contributed by atoms with Crippen LogP contribution in [0, 0.1) is 0 Å². The van der Waals surface area contributed by atoms with Crippen molar-refractivity contribution >= 4 is 5.57 Å². The average Bonchev–Trinajstić information content (AvgIpc) is 2.23. The molecule has 2 N–H and O–H groups in total. The van der Waals surface area contributed by atoms with Gasteiger partial charge in [-0.15, -0.1) is 0 Å². The quantitative estimate of drug-likeness (QED) is 0.698. The molecule has 2 nitrogen and oxygen atoms in total. The fourth-order valence-corrected chi connectivity index (χ4v) is 1.56. The maximum Gasteiger partial charge on any atom is 0.109 e. The molecule has 0 amide bonds. The van der Waals surface area contributed by atoms with Crippen LogP contribution in [0.15, 0.2) is 48.6 Å². The Morgan fingerprint density at radius 1 is 1.00 bits per heavy atom. The topological polar surface area (TPSA) is 40.5 Å². The molecule has 14 heavy (non-hydrogen) atoms. The van der Waals surface area contributed by atoms with E-state index in [4.69, 9.17) is 0 Å². The van der Waals surface area contributed by atoms with Gasteiger partial charge in [0.25, 0.3) is 0 Å². The van der Waals surface area contributed by atoms with E-state index in [1.807, 2.05) is 36.4 Å². The number of aliphatic hydroxyl groups excluding tert-OH is 2. The minimum absolute atomic E-state index is 0.764. The molecule has 0 aliphatic heterocycles. The van der Waals surface area contributed by atoms with Crippen LogP contribution in [0.2, 0.25) is 0 Å². The van der Waals surface area contributed by atoms with Gasteiger partial charge in [0.15, 0.2) is 0 Å². The van der Waals surface area contributed by atoms with Gasteiger partial charge in [0.2, 0.25) is 0 Å². The molecule has 1 aromatic rings. The number of hydrogen-bond acceptors (Lipinski definition) is 2. The molecule has 1 aromatic carbocycles. The second-order valence-corrected chi connectivity index (χ2v) is 3.31. The van der Waals surface area contributed by atoms with Gasteiger partial charge in [0, 0.05) is 0 Å². The Morgan fingerprint density at radius 3 is 2.43 bits per heavy atom. The molecular formula is C12H12O2. The Hall–Kier alpha value is -1.38. The summed E-state index contributed by atoms with van der Waals surface area (Å²) in [7, 11) is 0. The molecule has 1 aliphatic carbocycles. The monoisotopic (exact) mass is 188 g/mol. The first-order valence-electron chi connectivity index (χ1n) is 4.59. The predicted molar refractivity (Wildman–Crippen MR) is 55.6 cm³/mol. The van der Waals surface area contributed by atoms with E-state index >= 15 is 0 Å². The molecule has 1 aliphatic rings. The SMILES string of the molecule is OC1C=CC=C(c2ccccc2)C1O. The van der Waals surface area contributed by atoms with Crippen molar-refractivity contribution in [3.8, 4) is 0 Å². The fraction of sp³-hybridized carbons (Fsp3) is 0.167. The van der Waals surface area contributed by atoms with Crippen molar-refractivity contribution in [1.82, 2.24) is 0 Å². The molecule has 0 aromatic heterocycles. The summed E-state index contributed by atoms with van der Waals surface area (Å²) in [6.07, 6.45) is 3.56. The standard InChI is InChI=1S/C12H12O2/c13-11-8-4-7-10(12(11)14)9-5-2-1-3-6-9/h1-8,11-14H. The van der Waals surface area contributed by atoms with Gasteiger partial charge in [-0.3, -0.25) is 0 Å². The van der Waals surface area contributed by atoms with E-state index in [2.05, 4.69) is 0 Å².